The van der Waals surface area contributed by atoms with Crippen LogP contribution < -0.4 is 4.90 Å². The van der Waals surface area contributed by atoms with Gasteiger partial charge in [0.1, 0.15) is 0 Å². The van der Waals surface area contributed by atoms with Gasteiger partial charge in [0.25, 0.3) is 17.7 Å². The number of para-hydroxylation sites is 1. The van der Waals surface area contributed by atoms with E-state index in [2.05, 4.69) is 0 Å². The van der Waals surface area contributed by atoms with Crippen LogP contribution in [-0.4, -0.2) is 42.4 Å². The molecule has 1 aliphatic rings. The van der Waals surface area contributed by atoms with Crippen molar-refractivity contribution >= 4 is 29.4 Å². The molecule has 0 saturated heterocycles. The number of imide groups is 1. The maximum atomic E-state index is 13.0. The first kappa shape index (κ1) is 20.0. The lowest BCUT2D eigenvalue weighted by Crippen LogP contribution is -2.34. The molecule has 154 valence electrons. The number of hydrogen-bond acceptors (Lipinski definition) is 5. The second-order valence-corrected chi connectivity index (χ2v) is 6.89. The summed E-state index contributed by atoms with van der Waals surface area (Å²) in [6.45, 7) is -0.539. The summed E-state index contributed by atoms with van der Waals surface area (Å²) in [6.07, 6.45) is 0. The van der Waals surface area contributed by atoms with Gasteiger partial charge in [-0.25, -0.2) is 9.69 Å². The lowest BCUT2D eigenvalue weighted by atomic mass is 10.1. The molecule has 0 fully saturated rings. The van der Waals surface area contributed by atoms with Gasteiger partial charge in [-0.2, -0.15) is 0 Å². The fourth-order valence-corrected chi connectivity index (χ4v) is 3.35. The summed E-state index contributed by atoms with van der Waals surface area (Å²) < 4.78 is 5.23. The highest BCUT2D eigenvalue weighted by Gasteiger charge is 2.36. The number of anilines is 1. The van der Waals surface area contributed by atoms with Crippen molar-refractivity contribution < 1.29 is 23.9 Å². The zero-order valence-electron chi connectivity index (χ0n) is 16.6. The number of ether oxygens (including phenoxy) is 1. The smallest absolute Gasteiger partial charge is 0.340 e. The molecule has 1 aliphatic heterocycles. The Morgan fingerprint density at radius 1 is 0.774 bits per heavy atom. The number of carbonyl (C=O) groups is 4. The van der Waals surface area contributed by atoms with E-state index in [-0.39, 0.29) is 28.2 Å². The summed E-state index contributed by atoms with van der Waals surface area (Å²) in [5.74, 6) is -2.25. The molecule has 3 aromatic rings. The van der Waals surface area contributed by atoms with E-state index < -0.39 is 24.5 Å². The third kappa shape index (κ3) is 3.69. The SMILES string of the molecule is CN(C(=O)c1ccccc1C(=O)OCN1C(=O)c2ccccc2C1=O)c1ccccc1. The number of fused-ring (bicyclic) bond motifs is 1. The molecule has 0 N–H and O–H groups in total. The lowest BCUT2D eigenvalue weighted by molar-refractivity contribution is 0.0226. The Bertz CT molecular complexity index is 1150. The normalized spacial score (nSPS) is 12.5. The van der Waals surface area contributed by atoms with Crippen LogP contribution in [0, 0.1) is 0 Å². The maximum absolute atomic E-state index is 13.0. The third-order valence-corrected chi connectivity index (χ3v) is 5.03. The number of hydrogen-bond donors (Lipinski definition) is 0. The van der Waals surface area contributed by atoms with Crippen LogP contribution >= 0.6 is 0 Å². The van der Waals surface area contributed by atoms with Crippen LogP contribution in [-0.2, 0) is 4.74 Å². The number of rotatable bonds is 5. The minimum absolute atomic E-state index is 0.0480. The lowest BCUT2D eigenvalue weighted by Gasteiger charge is -2.19. The topological polar surface area (TPSA) is 84.0 Å². The van der Waals surface area contributed by atoms with Gasteiger partial charge in [-0.3, -0.25) is 14.4 Å². The minimum atomic E-state index is -0.804. The number of benzene rings is 3. The zero-order valence-corrected chi connectivity index (χ0v) is 16.6. The van der Waals surface area contributed by atoms with Crippen molar-refractivity contribution in [1.82, 2.24) is 4.90 Å². The van der Waals surface area contributed by atoms with Crippen molar-refractivity contribution in [3.8, 4) is 0 Å². The van der Waals surface area contributed by atoms with Gasteiger partial charge >= 0.3 is 5.97 Å². The van der Waals surface area contributed by atoms with Crippen molar-refractivity contribution in [3.63, 3.8) is 0 Å². The monoisotopic (exact) mass is 414 g/mol. The van der Waals surface area contributed by atoms with Gasteiger partial charge in [-0.05, 0) is 36.4 Å². The molecule has 7 heteroatoms. The van der Waals surface area contributed by atoms with E-state index in [0.717, 1.165) is 4.90 Å². The van der Waals surface area contributed by atoms with Crippen LogP contribution in [0.4, 0.5) is 5.69 Å². The molecule has 0 bridgehead atoms. The zero-order chi connectivity index (χ0) is 22.0. The fraction of sp³-hybridized carbons (Fsp3) is 0.0833. The molecule has 3 amide bonds. The molecule has 0 atom stereocenters. The molecule has 4 rings (SSSR count). The van der Waals surface area contributed by atoms with E-state index in [1.165, 1.54) is 17.0 Å². The van der Waals surface area contributed by atoms with Crippen molar-refractivity contribution in [2.45, 2.75) is 0 Å². The Labute approximate surface area is 178 Å². The first-order valence-electron chi connectivity index (χ1n) is 9.53. The summed E-state index contributed by atoms with van der Waals surface area (Å²) >= 11 is 0. The van der Waals surface area contributed by atoms with E-state index in [0.29, 0.717) is 5.69 Å². The van der Waals surface area contributed by atoms with E-state index in [1.807, 2.05) is 6.07 Å². The van der Waals surface area contributed by atoms with Crippen LogP contribution in [0.15, 0.2) is 78.9 Å². The molecule has 31 heavy (non-hydrogen) atoms. The molecule has 3 aromatic carbocycles. The quantitative estimate of drug-likeness (QED) is 0.472. The molecule has 0 spiro atoms. The number of carbonyl (C=O) groups excluding carboxylic acids is 4. The van der Waals surface area contributed by atoms with Gasteiger partial charge in [0, 0.05) is 12.7 Å². The van der Waals surface area contributed by atoms with Crippen LogP contribution in [0.1, 0.15) is 41.4 Å². The first-order valence-corrected chi connectivity index (χ1v) is 9.53. The van der Waals surface area contributed by atoms with Gasteiger partial charge in [0.2, 0.25) is 0 Å². The number of esters is 1. The predicted octanol–water partition coefficient (Wildman–Crippen LogP) is 3.37. The summed E-state index contributed by atoms with van der Waals surface area (Å²) in [5.41, 5.74) is 1.40. The van der Waals surface area contributed by atoms with Gasteiger partial charge in [0.05, 0.1) is 22.3 Å². The number of nitrogens with zero attached hydrogens (tertiary/aromatic N) is 2. The summed E-state index contributed by atoms with van der Waals surface area (Å²) in [7, 11) is 1.61. The molecule has 7 nitrogen and oxygen atoms in total. The van der Waals surface area contributed by atoms with Crippen LogP contribution in [0.5, 0.6) is 0 Å². The van der Waals surface area contributed by atoms with Crippen LogP contribution in [0.3, 0.4) is 0 Å². The average Bonchev–Trinajstić information content (AvgIpc) is 3.06. The van der Waals surface area contributed by atoms with Crippen molar-refractivity contribution in [1.29, 1.82) is 0 Å². The molecule has 0 aliphatic carbocycles. The Kier molecular flexibility index (Phi) is 5.32. The number of amides is 3. The average molecular weight is 414 g/mol. The Morgan fingerprint density at radius 2 is 1.29 bits per heavy atom. The fourth-order valence-electron chi connectivity index (χ4n) is 3.35. The molecule has 0 saturated carbocycles. The van der Waals surface area contributed by atoms with Gasteiger partial charge in [-0.15, -0.1) is 0 Å². The summed E-state index contributed by atoms with van der Waals surface area (Å²) in [4.78, 5) is 52.9. The van der Waals surface area contributed by atoms with Gasteiger partial charge in [0.15, 0.2) is 6.73 Å². The largest absolute Gasteiger partial charge is 0.440 e. The molecular weight excluding hydrogens is 396 g/mol. The third-order valence-electron chi connectivity index (χ3n) is 5.03. The Morgan fingerprint density at radius 3 is 1.90 bits per heavy atom. The first-order chi connectivity index (χ1) is 15.0. The summed E-state index contributed by atoms with van der Waals surface area (Å²) in [5, 5.41) is 0. The second kappa shape index (κ2) is 8.23. The molecule has 0 radical (unpaired) electrons. The highest BCUT2D eigenvalue weighted by Crippen LogP contribution is 2.23. The molecular formula is C24H18N2O5. The Balaban J connectivity index is 1.51. The predicted molar refractivity (Wildman–Crippen MR) is 113 cm³/mol. The van der Waals surface area contributed by atoms with Crippen molar-refractivity contribution in [3.05, 3.63) is 101 Å². The second-order valence-electron chi connectivity index (χ2n) is 6.89. The van der Waals surface area contributed by atoms with Gasteiger partial charge in [-0.1, -0.05) is 42.5 Å². The Hall–Kier alpha value is -4.26. The van der Waals surface area contributed by atoms with Crippen LogP contribution in [0.25, 0.3) is 0 Å². The maximum Gasteiger partial charge on any atom is 0.340 e. The minimum Gasteiger partial charge on any atom is -0.440 e. The van der Waals surface area contributed by atoms with E-state index >= 15 is 0 Å². The van der Waals surface area contributed by atoms with Crippen molar-refractivity contribution in [2.24, 2.45) is 0 Å². The summed E-state index contributed by atoms with van der Waals surface area (Å²) in [6, 6.07) is 21.7. The van der Waals surface area contributed by atoms with Gasteiger partial charge < -0.3 is 9.64 Å². The highest BCUT2D eigenvalue weighted by atomic mass is 16.5. The van der Waals surface area contributed by atoms with Crippen LogP contribution in [0.2, 0.25) is 0 Å². The molecule has 1 heterocycles. The van der Waals surface area contributed by atoms with E-state index in [1.54, 1.807) is 67.7 Å². The standard InChI is InChI=1S/C24H18N2O5/c1-25(16-9-3-2-4-10-16)21(27)19-13-7-8-14-20(19)24(30)31-15-26-22(28)17-11-5-6-12-18(17)23(26)29/h2-14H,15H2,1H3. The highest BCUT2D eigenvalue weighted by molar-refractivity contribution is 6.21. The molecule has 0 aromatic heterocycles. The van der Waals surface area contributed by atoms with E-state index in [4.69, 9.17) is 4.74 Å². The molecule has 0 unspecified atom stereocenters. The van der Waals surface area contributed by atoms with E-state index in [9.17, 15) is 19.2 Å². The van der Waals surface area contributed by atoms with Crippen molar-refractivity contribution in [2.75, 3.05) is 18.7 Å².